The molecule has 0 saturated carbocycles. The van der Waals surface area contributed by atoms with Crippen LogP contribution in [-0.2, 0) is 19.2 Å². The molecule has 2 atom stereocenters. The molecule has 1 aromatic carbocycles. The molecule has 1 aliphatic rings. The van der Waals surface area contributed by atoms with Crippen molar-refractivity contribution in [2.75, 3.05) is 19.7 Å². The van der Waals surface area contributed by atoms with Gasteiger partial charge in [0.25, 0.3) is 0 Å². The minimum atomic E-state index is -1.81. The topological polar surface area (TPSA) is 105 Å². The van der Waals surface area contributed by atoms with Gasteiger partial charge < -0.3 is 20.3 Å². The van der Waals surface area contributed by atoms with E-state index in [1.165, 1.54) is 0 Å². The third kappa shape index (κ3) is 5.74. The van der Waals surface area contributed by atoms with Crippen molar-refractivity contribution < 1.29 is 41.5 Å². The molecule has 1 fully saturated rings. The van der Waals surface area contributed by atoms with Gasteiger partial charge >= 0.3 is 0 Å². The minimum absolute atomic E-state index is 0.0000558. The van der Waals surface area contributed by atoms with Crippen molar-refractivity contribution >= 4 is 24.0 Å². The van der Waals surface area contributed by atoms with E-state index in [9.17, 15) is 36.7 Å². The predicted molar refractivity (Wildman–Crippen MR) is 102 cm³/mol. The van der Waals surface area contributed by atoms with Crippen LogP contribution in [0.4, 0.5) is 17.6 Å². The van der Waals surface area contributed by atoms with Crippen LogP contribution in [0.25, 0.3) is 0 Å². The summed E-state index contributed by atoms with van der Waals surface area (Å²) in [5, 5.41) is 4.79. The largest absolute Gasteiger partial charge is 0.479 e. The van der Waals surface area contributed by atoms with Crippen molar-refractivity contribution in [1.82, 2.24) is 15.5 Å². The zero-order valence-corrected chi connectivity index (χ0v) is 17.4. The number of rotatable bonds is 11. The smallest absolute Gasteiger partial charge is 0.242 e. The summed E-state index contributed by atoms with van der Waals surface area (Å²) in [5.74, 6) is -10.9. The number of halogens is 4. The van der Waals surface area contributed by atoms with Gasteiger partial charge in [0.1, 0.15) is 6.61 Å². The second-order valence-electron chi connectivity index (χ2n) is 7.47. The highest BCUT2D eigenvalue weighted by molar-refractivity contribution is 5.92. The molecule has 176 valence electrons. The maximum Gasteiger partial charge on any atom is 0.242 e. The van der Waals surface area contributed by atoms with Gasteiger partial charge in [-0.2, -0.15) is 8.78 Å². The normalized spacial score (nSPS) is 16.5. The van der Waals surface area contributed by atoms with Crippen molar-refractivity contribution in [1.29, 1.82) is 0 Å². The van der Waals surface area contributed by atoms with Gasteiger partial charge in [0.15, 0.2) is 23.2 Å². The molecule has 0 bridgehead atoms. The Balaban J connectivity index is 2.30. The van der Waals surface area contributed by atoms with E-state index < -0.39 is 71.9 Å². The number of hydrogen-bond donors (Lipinski definition) is 2. The Labute approximate surface area is 181 Å². The molecule has 2 rings (SSSR count). The van der Waals surface area contributed by atoms with Crippen LogP contribution in [0.15, 0.2) is 6.07 Å². The van der Waals surface area contributed by atoms with Crippen molar-refractivity contribution in [2.24, 2.45) is 5.92 Å². The zero-order valence-electron chi connectivity index (χ0n) is 17.4. The van der Waals surface area contributed by atoms with Crippen LogP contribution < -0.4 is 15.4 Å². The molecule has 0 radical (unpaired) electrons. The lowest BCUT2D eigenvalue weighted by Gasteiger charge is -2.35. The van der Waals surface area contributed by atoms with E-state index in [1.54, 1.807) is 13.8 Å². The molecular weight excluding hydrogens is 438 g/mol. The fourth-order valence-corrected chi connectivity index (χ4v) is 3.50. The molecule has 1 saturated heterocycles. The highest BCUT2D eigenvalue weighted by atomic mass is 19.2. The summed E-state index contributed by atoms with van der Waals surface area (Å²) >= 11 is 0. The van der Waals surface area contributed by atoms with Gasteiger partial charge in [0.2, 0.25) is 29.9 Å². The first-order valence-electron chi connectivity index (χ1n) is 9.82. The Kier molecular flexibility index (Phi) is 8.56. The van der Waals surface area contributed by atoms with Crippen molar-refractivity contribution in [3.63, 3.8) is 0 Å². The lowest BCUT2D eigenvalue weighted by atomic mass is 9.93. The van der Waals surface area contributed by atoms with E-state index in [0.29, 0.717) is 19.4 Å². The van der Waals surface area contributed by atoms with Crippen LogP contribution in [0, 0.1) is 29.2 Å². The first-order valence-corrected chi connectivity index (χ1v) is 9.82. The fraction of sp³-hybridized carbons (Fsp3) is 0.500. The summed E-state index contributed by atoms with van der Waals surface area (Å²) in [6.45, 7) is 2.11. The number of benzene rings is 1. The zero-order chi connectivity index (χ0) is 24.0. The lowest BCUT2D eigenvalue weighted by molar-refractivity contribution is -0.143. The molecule has 1 unspecified atom stereocenters. The average molecular weight is 461 g/mol. The summed E-state index contributed by atoms with van der Waals surface area (Å²) in [6.07, 6.45) is 0.584. The number of Topliss-reactive ketones (excluding diaryl/α,β-unsaturated/α-hetero) is 1. The van der Waals surface area contributed by atoms with Crippen LogP contribution in [-0.4, -0.2) is 60.7 Å². The van der Waals surface area contributed by atoms with Crippen molar-refractivity contribution in [3.8, 4) is 5.75 Å². The number of hydrogen-bond acceptors (Lipinski definition) is 5. The second-order valence-corrected chi connectivity index (χ2v) is 7.47. The van der Waals surface area contributed by atoms with Gasteiger partial charge in [-0.1, -0.05) is 0 Å². The van der Waals surface area contributed by atoms with Gasteiger partial charge in [-0.15, -0.1) is 0 Å². The van der Waals surface area contributed by atoms with Crippen LogP contribution in [0.2, 0.25) is 0 Å². The molecule has 0 aromatic heterocycles. The van der Waals surface area contributed by atoms with Gasteiger partial charge in [0.05, 0.1) is 12.6 Å². The molecule has 0 aliphatic carbocycles. The van der Waals surface area contributed by atoms with Gasteiger partial charge in [-0.25, -0.2) is 8.78 Å². The number of carbonyl (C=O) groups excluding carboxylic acids is 4. The highest BCUT2D eigenvalue weighted by Gasteiger charge is 2.37. The molecule has 8 nitrogen and oxygen atoms in total. The Morgan fingerprint density at radius 3 is 2.38 bits per heavy atom. The molecule has 1 aromatic rings. The highest BCUT2D eigenvalue weighted by Crippen LogP contribution is 2.27. The molecule has 3 amide bonds. The Hall–Kier alpha value is -3.18. The molecule has 1 heterocycles. The minimum Gasteiger partial charge on any atom is -0.479 e. The molecule has 1 aliphatic heterocycles. The van der Waals surface area contributed by atoms with Crippen molar-refractivity contribution in [2.45, 2.75) is 38.8 Å². The third-order valence-corrected chi connectivity index (χ3v) is 4.99. The average Bonchev–Trinajstić information content (AvgIpc) is 3.14. The van der Waals surface area contributed by atoms with Gasteiger partial charge in [-0.3, -0.25) is 19.2 Å². The Morgan fingerprint density at radius 1 is 1.25 bits per heavy atom. The van der Waals surface area contributed by atoms with Crippen molar-refractivity contribution in [3.05, 3.63) is 29.3 Å². The molecule has 12 heteroatoms. The number of amides is 3. The summed E-state index contributed by atoms with van der Waals surface area (Å²) in [6, 6.07) is -1.82. The molecule has 2 N–H and O–H groups in total. The Morgan fingerprint density at radius 2 is 1.88 bits per heavy atom. The van der Waals surface area contributed by atoms with Gasteiger partial charge in [0, 0.05) is 24.6 Å². The monoisotopic (exact) mass is 461 g/mol. The van der Waals surface area contributed by atoms with E-state index in [1.807, 2.05) is 0 Å². The molecular formula is C20H23F4N3O5. The first kappa shape index (κ1) is 25.1. The summed E-state index contributed by atoms with van der Waals surface area (Å²) in [7, 11) is 0. The fourth-order valence-electron chi connectivity index (χ4n) is 3.50. The van der Waals surface area contributed by atoms with E-state index in [0.717, 1.165) is 4.90 Å². The molecule has 32 heavy (non-hydrogen) atoms. The van der Waals surface area contributed by atoms with Crippen LogP contribution >= 0.6 is 0 Å². The number of nitrogens with one attached hydrogen (secondary N) is 2. The van der Waals surface area contributed by atoms with Gasteiger partial charge in [-0.05, 0) is 26.7 Å². The van der Waals surface area contributed by atoms with E-state index in [-0.39, 0.29) is 18.4 Å². The SMILES string of the molecule is CC(C)N(C(=O)CNC=O)C(C[C@@H]1CCNC1=O)C(=O)COc1c(F)c(F)cc(F)c1F. The number of ether oxygens (including phenoxy) is 1. The second kappa shape index (κ2) is 10.9. The van der Waals surface area contributed by atoms with E-state index >= 15 is 0 Å². The number of carbonyl (C=O) groups is 4. The van der Waals surface area contributed by atoms with Crippen LogP contribution in [0.3, 0.4) is 0 Å². The summed E-state index contributed by atoms with van der Waals surface area (Å²) in [4.78, 5) is 49.3. The third-order valence-electron chi connectivity index (χ3n) is 4.99. The number of ketones is 1. The maximum atomic E-state index is 13.9. The molecule has 0 spiro atoms. The summed E-state index contributed by atoms with van der Waals surface area (Å²) in [5.41, 5.74) is 0. The van der Waals surface area contributed by atoms with E-state index in [4.69, 9.17) is 4.74 Å². The van der Waals surface area contributed by atoms with Crippen LogP contribution in [0.1, 0.15) is 26.7 Å². The van der Waals surface area contributed by atoms with Crippen LogP contribution in [0.5, 0.6) is 5.75 Å². The maximum absolute atomic E-state index is 13.9. The standard InChI is InChI=1S/C20H23F4N3O5/c1-10(2)27(16(30)7-25-9-28)14(5-11-3-4-26-20(11)31)15(29)8-32-19-17(23)12(21)6-13(22)18(19)24/h6,9-11,14H,3-5,7-8H2,1-2H3,(H,25,28)(H,26,31)/t11-,14?/m0/s1. The lowest BCUT2D eigenvalue weighted by Crippen LogP contribution is -2.53. The quantitative estimate of drug-likeness (QED) is 0.292. The first-order chi connectivity index (χ1) is 15.1. The summed E-state index contributed by atoms with van der Waals surface area (Å²) < 4.78 is 59.3. The number of nitrogens with zero attached hydrogens (tertiary/aromatic N) is 1. The Bertz CT molecular complexity index is 870. The predicted octanol–water partition coefficient (Wildman–Crippen LogP) is 1.07. The van der Waals surface area contributed by atoms with E-state index in [2.05, 4.69) is 10.6 Å².